The fourth-order valence-electron chi connectivity index (χ4n) is 2.06. The molecule has 0 saturated heterocycles. The zero-order chi connectivity index (χ0) is 9.68. The molecule has 0 spiro atoms. The molecule has 1 aliphatic rings. The number of amides is 1. The van der Waals surface area contributed by atoms with Crippen LogP contribution in [0.2, 0.25) is 0 Å². The molecular weight excluding hydrogens is 186 g/mol. The second kappa shape index (κ2) is 5.48. The van der Waals surface area contributed by atoms with Crippen LogP contribution in [-0.4, -0.2) is 17.8 Å². The molecule has 13 heavy (non-hydrogen) atoms. The summed E-state index contributed by atoms with van der Waals surface area (Å²) < 4.78 is 0. The largest absolute Gasteiger partial charge is 0.352 e. The second-order valence-electron chi connectivity index (χ2n) is 3.84. The highest BCUT2D eigenvalue weighted by atomic mass is 35.5. The van der Waals surface area contributed by atoms with Gasteiger partial charge in [-0.2, -0.15) is 0 Å². The first-order chi connectivity index (χ1) is 6.26. The summed E-state index contributed by atoms with van der Waals surface area (Å²) in [5, 5.41) is 2.96. The quantitative estimate of drug-likeness (QED) is 0.701. The molecule has 0 aromatic rings. The highest BCUT2D eigenvalue weighted by molar-refractivity contribution is 6.27. The topological polar surface area (TPSA) is 29.1 Å². The Labute approximate surface area is 85.0 Å². The molecule has 0 bridgehead atoms. The summed E-state index contributed by atoms with van der Waals surface area (Å²) in [6, 6.07) is 0.380. The van der Waals surface area contributed by atoms with E-state index in [4.69, 9.17) is 11.6 Å². The van der Waals surface area contributed by atoms with Crippen LogP contribution in [0.1, 0.15) is 39.0 Å². The Morgan fingerprint density at radius 1 is 1.54 bits per heavy atom. The van der Waals surface area contributed by atoms with Crippen LogP contribution >= 0.6 is 11.6 Å². The van der Waals surface area contributed by atoms with Gasteiger partial charge in [0.25, 0.3) is 0 Å². The third-order valence-corrected chi connectivity index (χ3v) is 3.09. The number of halogens is 1. The summed E-state index contributed by atoms with van der Waals surface area (Å²) in [4.78, 5) is 11.0. The number of carbonyl (C=O) groups is 1. The number of hydrogen-bond donors (Lipinski definition) is 1. The van der Waals surface area contributed by atoms with Crippen LogP contribution in [0.15, 0.2) is 0 Å². The fraction of sp³-hybridized carbons (Fsp3) is 0.900. The van der Waals surface area contributed by atoms with E-state index in [0.717, 1.165) is 18.8 Å². The van der Waals surface area contributed by atoms with Gasteiger partial charge in [-0.3, -0.25) is 4.79 Å². The smallest absolute Gasteiger partial charge is 0.235 e. The van der Waals surface area contributed by atoms with E-state index in [0.29, 0.717) is 6.04 Å². The van der Waals surface area contributed by atoms with Gasteiger partial charge in [-0.05, 0) is 18.8 Å². The van der Waals surface area contributed by atoms with E-state index in [1.807, 2.05) is 0 Å². The van der Waals surface area contributed by atoms with E-state index < -0.39 is 0 Å². The molecule has 2 nitrogen and oxygen atoms in total. The fourth-order valence-corrected chi connectivity index (χ4v) is 2.14. The Hall–Kier alpha value is -0.240. The molecule has 1 fully saturated rings. The van der Waals surface area contributed by atoms with Crippen molar-refractivity contribution in [3.63, 3.8) is 0 Å². The number of nitrogens with one attached hydrogen (secondary N) is 1. The lowest BCUT2D eigenvalue weighted by atomic mass is 9.84. The third-order valence-electron chi connectivity index (χ3n) is 2.85. The standard InChI is InChI=1S/C10H18ClNO/c1-2-8-4-3-5-9(6-8)12-10(13)7-11/h8-9H,2-7H2,1H3,(H,12,13). The van der Waals surface area contributed by atoms with Crippen LogP contribution in [0, 0.1) is 5.92 Å². The van der Waals surface area contributed by atoms with Crippen molar-refractivity contribution in [1.82, 2.24) is 5.32 Å². The predicted octanol–water partition coefficient (Wildman–Crippen LogP) is 2.31. The first-order valence-electron chi connectivity index (χ1n) is 5.11. The number of alkyl halides is 1. The van der Waals surface area contributed by atoms with Gasteiger partial charge in [0, 0.05) is 6.04 Å². The van der Waals surface area contributed by atoms with E-state index in [1.54, 1.807) is 0 Å². The van der Waals surface area contributed by atoms with Gasteiger partial charge in [-0.25, -0.2) is 0 Å². The molecule has 2 atom stereocenters. The lowest BCUT2D eigenvalue weighted by Crippen LogP contribution is -2.38. The molecule has 1 saturated carbocycles. The average Bonchev–Trinajstić information content (AvgIpc) is 2.18. The Morgan fingerprint density at radius 3 is 2.92 bits per heavy atom. The van der Waals surface area contributed by atoms with E-state index in [9.17, 15) is 4.79 Å². The maximum atomic E-state index is 11.0. The van der Waals surface area contributed by atoms with Crippen LogP contribution < -0.4 is 5.32 Å². The highest BCUT2D eigenvalue weighted by Crippen LogP contribution is 2.26. The summed E-state index contributed by atoms with van der Waals surface area (Å²) in [6.07, 6.45) is 6.06. The van der Waals surface area contributed by atoms with Crippen molar-refractivity contribution in [1.29, 1.82) is 0 Å². The minimum Gasteiger partial charge on any atom is -0.352 e. The van der Waals surface area contributed by atoms with Crippen LogP contribution in [0.5, 0.6) is 0 Å². The van der Waals surface area contributed by atoms with Crippen molar-refractivity contribution in [3.05, 3.63) is 0 Å². The molecule has 3 heteroatoms. The lowest BCUT2D eigenvalue weighted by Gasteiger charge is -2.28. The van der Waals surface area contributed by atoms with E-state index >= 15 is 0 Å². The number of rotatable bonds is 3. The van der Waals surface area contributed by atoms with Gasteiger partial charge >= 0.3 is 0 Å². The van der Waals surface area contributed by atoms with E-state index in [-0.39, 0.29) is 11.8 Å². The van der Waals surface area contributed by atoms with Crippen molar-refractivity contribution >= 4 is 17.5 Å². The second-order valence-corrected chi connectivity index (χ2v) is 4.11. The first kappa shape index (κ1) is 10.8. The lowest BCUT2D eigenvalue weighted by molar-refractivity contribution is -0.119. The number of carbonyl (C=O) groups excluding carboxylic acids is 1. The first-order valence-corrected chi connectivity index (χ1v) is 5.65. The predicted molar refractivity (Wildman–Crippen MR) is 54.9 cm³/mol. The summed E-state index contributed by atoms with van der Waals surface area (Å²) in [7, 11) is 0. The molecule has 0 aliphatic heterocycles. The molecule has 0 radical (unpaired) electrons. The van der Waals surface area contributed by atoms with Crippen molar-refractivity contribution in [2.75, 3.05) is 5.88 Å². The van der Waals surface area contributed by atoms with Gasteiger partial charge in [-0.15, -0.1) is 11.6 Å². The SMILES string of the molecule is CCC1CCCC(NC(=O)CCl)C1. The van der Waals surface area contributed by atoms with Gasteiger partial charge in [-0.1, -0.05) is 26.2 Å². The molecule has 1 aliphatic carbocycles. The normalized spacial score (nSPS) is 28.5. The molecule has 1 N–H and O–H groups in total. The van der Waals surface area contributed by atoms with E-state index in [1.165, 1.54) is 19.3 Å². The Bertz CT molecular complexity index is 172. The minimum absolute atomic E-state index is 0.0246. The average molecular weight is 204 g/mol. The minimum atomic E-state index is -0.0246. The van der Waals surface area contributed by atoms with E-state index in [2.05, 4.69) is 12.2 Å². The Balaban J connectivity index is 2.29. The van der Waals surface area contributed by atoms with Gasteiger partial charge in [0.2, 0.25) is 5.91 Å². The summed E-state index contributed by atoms with van der Waals surface area (Å²) >= 11 is 5.43. The van der Waals surface area contributed by atoms with Gasteiger partial charge < -0.3 is 5.32 Å². The number of hydrogen-bond acceptors (Lipinski definition) is 1. The Morgan fingerprint density at radius 2 is 2.31 bits per heavy atom. The van der Waals surface area contributed by atoms with Crippen LogP contribution in [0.3, 0.4) is 0 Å². The van der Waals surface area contributed by atoms with Crippen molar-refractivity contribution in [2.45, 2.75) is 45.1 Å². The van der Waals surface area contributed by atoms with Gasteiger partial charge in [0.1, 0.15) is 5.88 Å². The molecule has 0 heterocycles. The maximum Gasteiger partial charge on any atom is 0.235 e. The van der Waals surface area contributed by atoms with Crippen molar-refractivity contribution in [2.24, 2.45) is 5.92 Å². The third kappa shape index (κ3) is 3.55. The zero-order valence-electron chi connectivity index (χ0n) is 8.18. The molecule has 0 aromatic heterocycles. The highest BCUT2D eigenvalue weighted by Gasteiger charge is 2.21. The monoisotopic (exact) mass is 203 g/mol. The van der Waals surface area contributed by atoms with Gasteiger partial charge in [0.15, 0.2) is 0 Å². The molecular formula is C10H18ClNO. The molecule has 1 rings (SSSR count). The summed E-state index contributed by atoms with van der Waals surface area (Å²) in [5.41, 5.74) is 0. The van der Waals surface area contributed by atoms with Crippen LogP contribution in [0.25, 0.3) is 0 Å². The molecule has 76 valence electrons. The van der Waals surface area contributed by atoms with Crippen LogP contribution in [-0.2, 0) is 4.79 Å². The van der Waals surface area contributed by atoms with Gasteiger partial charge in [0.05, 0.1) is 0 Å². The summed E-state index contributed by atoms with van der Waals surface area (Å²) in [6.45, 7) is 2.22. The van der Waals surface area contributed by atoms with Crippen molar-refractivity contribution < 1.29 is 4.79 Å². The molecule has 2 unspecified atom stereocenters. The summed E-state index contributed by atoms with van der Waals surface area (Å²) in [5.74, 6) is 0.866. The maximum absolute atomic E-state index is 11.0. The molecule has 0 aromatic carbocycles. The van der Waals surface area contributed by atoms with Crippen LogP contribution in [0.4, 0.5) is 0 Å². The van der Waals surface area contributed by atoms with Crippen molar-refractivity contribution in [3.8, 4) is 0 Å². The Kier molecular flexibility index (Phi) is 4.57. The zero-order valence-corrected chi connectivity index (χ0v) is 8.94. The molecule has 1 amide bonds.